The third kappa shape index (κ3) is 4.93. The molecule has 0 bridgehead atoms. The molecule has 0 saturated carbocycles. The van der Waals surface area contributed by atoms with Crippen molar-refractivity contribution in [3.8, 4) is 0 Å². The topological polar surface area (TPSA) is 138 Å². The maximum atomic E-state index is 12.6. The lowest BCUT2D eigenvalue weighted by Crippen LogP contribution is -2.70. The van der Waals surface area contributed by atoms with Gasteiger partial charge in [0.05, 0.1) is 24.5 Å². The van der Waals surface area contributed by atoms with Gasteiger partial charge in [-0.25, -0.2) is 4.79 Å². The minimum Gasteiger partial charge on any atom is -0.569 e. The first-order valence-electron chi connectivity index (χ1n) is 9.64. The molecule has 3 heterocycles. The van der Waals surface area contributed by atoms with Crippen molar-refractivity contribution in [1.82, 2.24) is 15.2 Å². The van der Waals surface area contributed by atoms with Crippen molar-refractivity contribution in [2.75, 3.05) is 25.4 Å². The van der Waals surface area contributed by atoms with E-state index in [0.29, 0.717) is 23.6 Å². The van der Waals surface area contributed by atoms with Gasteiger partial charge in [0.2, 0.25) is 11.2 Å². The van der Waals surface area contributed by atoms with Crippen LogP contribution in [-0.4, -0.2) is 74.6 Å². The van der Waals surface area contributed by atoms with Crippen LogP contribution in [-0.2, 0) is 25.6 Å². The highest BCUT2D eigenvalue weighted by molar-refractivity contribution is 8.00. The van der Waals surface area contributed by atoms with Gasteiger partial charge in [0.25, 0.3) is 5.91 Å². The molecule has 0 spiro atoms. The Morgan fingerprint density at radius 2 is 2.19 bits per heavy atom. The number of thiophene rings is 1. The predicted octanol–water partition coefficient (Wildman–Crippen LogP) is 1.18. The fourth-order valence-electron chi connectivity index (χ4n) is 3.26. The van der Waals surface area contributed by atoms with E-state index < -0.39 is 23.3 Å². The van der Waals surface area contributed by atoms with Gasteiger partial charge in [-0.15, -0.1) is 28.1 Å². The number of rotatable bonds is 10. The molecule has 1 saturated heterocycles. The summed E-state index contributed by atoms with van der Waals surface area (Å²) < 4.78 is 0. The first kappa shape index (κ1) is 22.9. The van der Waals surface area contributed by atoms with Crippen molar-refractivity contribution in [2.45, 2.75) is 31.7 Å². The van der Waals surface area contributed by atoms with E-state index in [4.69, 9.17) is 4.84 Å². The molecule has 1 aromatic heterocycles. The van der Waals surface area contributed by atoms with Gasteiger partial charge in [0, 0.05) is 16.2 Å². The summed E-state index contributed by atoms with van der Waals surface area (Å²) in [4.78, 5) is 44.1. The number of carboxylic acid groups (broad SMARTS) is 1. The van der Waals surface area contributed by atoms with Crippen LogP contribution in [0.15, 0.2) is 34.1 Å². The Morgan fingerprint density at radius 1 is 1.45 bits per heavy atom. The Kier molecular flexibility index (Phi) is 7.38. The van der Waals surface area contributed by atoms with E-state index in [0.717, 1.165) is 9.78 Å². The Morgan fingerprint density at radius 3 is 2.81 bits per heavy atom. The second-order valence-corrected chi connectivity index (χ2v) is 8.85. The summed E-state index contributed by atoms with van der Waals surface area (Å²) in [5.74, 6) is -1.78. The molecule has 3 rings (SSSR count). The molecule has 2 aliphatic rings. The fourth-order valence-corrected chi connectivity index (χ4v) is 5.29. The summed E-state index contributed by atoms with van der Waals surface area (Å²) in [5, 5.41) is 30.3. The molecule has 11 nitrogen and oxygen atoms in total. The third-order valence-electron chi connectivity index (χ3n) is 4.82. The maximum absolute atomic E-state index is 12.6. The van der Waals surface area contributed by atoms with Crippen LogP contribution >= 0.6 is 23.1 Å². The number of β-lactam (4-membered cyclic amide) rings is 1. The smallest absolute Gasteiger partial charge is 0.352 e. The summed E-state index contributed by atoms with van der Waals surface area (Å²) in [5.41, 5.74) is 0.148. The lowest BCUT2D eigenvalue weighted by molar-refractivity contribution is -0.709. The minimum atomic E-state index is -1.27. The van der Waals surface area contributed by atoms with Gasteiger partial charge in [-0.1, -0.05) is 6.07 Å². The van der Waals surface area contributed by atoms with E-state index in [1.165, 1.54) is 28.1 Å². The number of hydrazine groups is 1. The number of hydrogen-bond donors (Lipinski definition) is 2. The predicted molar refractivity (Wildman–Crippen MR) is 113 cm³/mol. The number of thioether (sulfide) groups is 1. The summed E-state index contributed by atoms with van der Waals surface area (Å²) in [7, 11) is 0. The van der Waals surface area contributed by atoms with E-state index in [1.54, 1.807) is 13.8 Å². The third-order valence-corrected chi connectivity index (χ3v) is 7.04. The minimum absolute atomic E-state index is 0.166. The summed E-state index contributed by atoms with van der Waals surface area (Å²) >= 11 is 2.77. The summed E-state index contributed by atoms with van der Waals surface area (Å²) in [6.07, 6.45) is 0.166. The van der Waals surface area contributed by atoms with Gasteiger partial charge < -0.3 is 20.5 Å². The molecule has 168 valence electrons. The van der Waals surface area contributed by atoms with Crippen LogP contribution in [0.25, 0.3) is 0 Å². The van der Waals surface area contributed by atoms with Crippen LogP contribution in [0.2, 0.25) is 0 Å². The molecule has 0 radical (unpaired) electrons. The molecule has 1 fully saturated rings. The van der Waals surface area contributed by atoms with Gasteiger partial charge in [0.1, 0.15) is 23.7 Å². The van der Waals surface area contributed by atoms with Gasteiger partial charge >= 0.3 is 5.97 Å². The molecule has 0 unspecified atom stereocenters. The number of carboxylic acids is 1. The molecule has 13 heteroatoms. The average Bonchev–Trinajstić information content (AvgIpc) is 3.25. The lowest BCUT2D eigenvalue weighted by atomic mass is 10.0. The molecular formula is C18H23N5O6S2. The van der Waals surface area contributed by atoms with Gasteiger partial charge in [0.15, 0.2) is 0 Å². The molecule has 2 N–H and O–H groups in total. The zero-order valence-electron chi connectivity index (χ0n) is 17.0. The Hall–Kier alpha value is -2.80. The lowest BCUT2D eigenvalue weighted by Gasteiger charge is -2.49. The number of aliphatic carboxylic acids is 1. The van der Waals surface area contributed by atoms with Gasteiger partial charge in [-0.05, 0) is 25.3 Å². The number of nitrogens with zero attached hydrogens (tertiary/aromatic N) is 4. The number of hydrogen-bond acceptors (Lipinski definition) is 8. The largest absolute Gasteiger partial charge is 0.569 e. The van der Waals surface area contributed by atoms with Crippen molar-refractivity contribution in [3.05, 3.63) is 38.9 Å². The fraction of sp³-hybridized carbons (Fsp3) is 0.500. The molecule has 31 heavy (non-hydrogen) atoms. The molecule has 1 aromatic rings. The van der Waals surface area contributed by atoms with Gasteiger partial charge in [-0.3, -0.25) is 14.5 Å². The Labute approximate surface area is 186 Å². The summed E-state index contributed by atoms with van der Waals surface area (Å²) in [6.45, 7) is 4.22. The number of nitrogens with one attached hydrogen (secondary N) is 1. The quantitative estimate of drug-likeness (QED) is 0.226. The van der Waals surface area contributed by atoms with Crippen LogP contribution in [0.4, 0.5) is 0 Å². The highest BCUT2D eigenvalue weighted by Gasteiger charge is 2.54. The molecule has 2 atom stereocenters. The monoisotopic (exact) mass is 469 g/mol. The first-order chi connectivity index (χ1) is 14.9. The zero-order chi connectivity index (χ0) is 22.5. The Balaban J connectivity index is 1.65. The molecule has 2 aliphatic heterocycles. The molecule has 2 amide bonds. The van der Waals surface area contributed by atoms with Crippen LogP contribution in [0, 0.1) is 5.21 Å². The highest BCUT2D eigenvalue weighted by atomic mass is 32.2. The van der Waals surface area contributed by atoms with E-state index in [1.807, 2.05) is 17.5 Å². The van der Waals surface area contributed by atoms with E-state index in [2.05, 4.69) is 10.6 Å². The number of carbonyl (C=O) groups excluding carboxylic acids is 2. The number of fused-ring (bicyclic) bond motifs is 1. The molecule has 0 aromatic carbocycles. The van der Waals surface area contributed by atoms with Crippen LogP contribution in [0.1, 0.15) is 18.7 Å². The van der Waals surface area contributed by atoms with Crippen LogP contribution in [0.3, 0.4) is 0 Å². The summed E-state index contributed by atoms with van der Waals surface area (Å²) in [6, 6.07) is 2.90. The van der Waals surface area contributed by atoms with Crippen molar-refractivity contribution in [2.24, 2.45) is 5.28 Å². The van der Waals surface area contributed by atoms with Crippen molar-refractivity contribution in [3.63, 3.8) is 0 Å². The zero-order valence-corrected chi connectivity index (χ0v) is 18.6. The van der Waals surface area contributed by atoms with Crippen molar-refractivity contribution >= 4 is 40.9 Å². The SMILES string of the molecule is CCN(CC)/[N+]([O-])=N/OCC1=C(C(=O)O)N2C(=O)[C@@H](NC(=O)Cc3cccs3)[C@H]2SC1. The van der Waals surface area contributed by atoms with Crippen LogP contribution < -0.4 is 5.32 Å². The van der Waals surface area contributed by atoms with Crippen molar-refractivity contribution in [1.29, 1.82) is 0 Å². The normalized spacial score (nSPS) is 20.8. The maximum Gasteiger partial charge on any atom is 0.352 e. The molecule has 0 aliphatic carbocycles. The second kappa shape index (κ2) is 10.0. The van der Waals surface area contributed by atoms with E-state index in [-0.39, 0.29) is 30.4 Å². The average molecular weight is 470 g/mol. The van der Waals surface area contributed by atoms with E-state index >= 15 is 0 Å². The van der Waals surface area contributed by atoms with Crippen LogP contribution in [0.5, 0.6) is 0 Å². The first-order valence-corrected chi connectivity index (χ1v) is 11.6. The van der Waals surface area contributed by atoms with E-state index in [9.17, 15) is 24.7 Å². The molecular weight excluding hydrogens is 446 g/mol. The number of amides is 2. The Bertz CT molecular complexity index is 899. The highest BCUT2D eigenvalue weighted by Crippen LogP contribution is 2.40. The second-order valence-electron chi connectivity index (χ2n) is 6.72. The van der Waals surface area contributed by atoms with Crippen molar-refractivity contribution < 1.29 is 29.3 Å². The number of carbonyl (C=O) groups is 3. The van der Waals surface area contributed by atoms with Gasteiger partial charge in [-0.2, -0.15) is 0 Å². The standard InChI is InChI=1S/C18H23N5O6S2/c1-3-21(4-2)23(28)20-29-9-11-10-31-17-14(16(25)22(17)15(11)18(26)27)19-13(24)8-12-6-5-7-30-12/h5-7,14,17H,3-4,8-10H2,1-2H3,(H,19,24)(H,26,27)/b23-20-/t14-,17-/m1/s1.